The third-order valence-corrected chi connectivity index (χ3v) is 2.48. The van der Waals surface area contributed by atoms with E-state index in [-0.39, 0.29) is 6.09 Å². The van der Waals surface area contributed by atoms with Crippen molar-refractivity contribution < 1.29 is 9.53 Å². The van der Waals surface area contributed by atoms with Crippen LogP contribution in [0.4, 0.5) is 10.5 Å². The molecule has 0 spiro atoms. The van der Waals surface area contributed by atoms with Gasteiger partial charge in [-0.15, -0.1) is 0 Å². The summed E-state index contributed by atoms with van der Waals surface area (Å²) < 4.78 is 5.15. The van der Waals surface area contributed by atoms with Gasteiger partial charge >= 0.3 is 6.09 Å². The molecule has 1 aromatic carbocycles. The first-order chi connectivity index (χ1) is 8.88. The second kappa shape index (κ2) is 7.02. The van der Waals surface area contributed by atoms with Crippen molar-refractivity contribution in [3.8, 4) is 0 Å². The summed E-state index contributed by atoms with van der Waals surface area (Å²) in [7, 11) is 0. The standard InChI is InChI=1S/C15H24N2O2/c1-12-8-5-6-9-13(12)16-10-7-11-17-14(18)19-15(2,3)4/h5-6,8-9,16H,7,10-11H2,1-4H3,(H,17,18). The molecule has 0 saturated carbocycles. The highest BCUT2D eigenvalue weighted by atomic mass is 16.6. The summed E-state index contributed by atoms with van der Waals surface area (Å²) in [6.07, 6.45) is 0.497. The zero-order chi connectivity index (χ0) is 14.3. The summed E-state index contributed by atoms with van der Waals surface area (Å²) in [6.45, 7) is 9.06. The zero-order valence-corrected chi connectivity index (χ0v) is 12.2. The lowest BCUT2D eigenvalue weighted by molar-refractivity contribution is 0.0528. The van der Waals surface area contributed by atoms with Gasteiger partial charge in [-0.2, -0.15) is 0 Å². The van der Waals surface area contributed by atoms with Gasteiger partial charge in [0.2, 0.25) is 0 Å². The summed E-state index contributed by atoms with van der Waals surface area (Å²) in [5.41, 5.74) is 1.92. The quantitative estimate of drug-likeness (QED) is 0.802. The number of benzene rings is 1. The Bertz CT molecular complexity index is 411. The Hall–Kier alpha value is -1.71. The summed E-state index contributed by atoms with van der Waals surface area (Å²) in [4.78, 5) is 11.4. The lowest BCUT2D eigenvalue weighted by atomic mass is 10.2. The van der Waals surface area contributed by atoms with Crippen molar-refractivity contribution in [3.05, 3.63) is 29.8 Å². The van der Waals surface area contributed by atoms with E-state index in [0.717, 1.165) is 18.7 Å². The summed E-state index contributed by atoms with van der Waals surface area (Å²) >= 11 is 0. The smallest absolute Gasteiger partial charge is 0.407 e. The lowest BCUT2D eigenvalue weighted by Crippen LogP contribution is -2.33. The number of rotatable bonds is 5. The molecule has 0 bridgehead atoms. The number of para-hydroxylation sites is 1. The molecule has 0 atom stereocenters. The van der Waals surface area contributed by atoms with E-state index in [2.05, 4.69) is 29.7 Å². The van der Waals surface area contributed by atoms with Crippen LogP contribution in [0.5, 0.6) is 0 Å². The van der Waals surface area contributed by atoms with Crippen LogP contribution in [0.2, 0.25) is 0 Å². The highest BCUT2D eigenvalue weighted by Gasteiger charge is 2.15. The van der Waals surface area contributed by atoms with Crippen LogP contribution in [0, 0.1) is 6.92 Å². The molecule has 1 rings (SSSR count). The van der Waals surface area contributed by atoms with E-state index in [9.17, 15) is 4.79 Å². The first-order valence-corrected chi connectivity index (χ1v) is 6.65. The number of carbonyl (C=O) groups is 1. The first kappa shape index (κ1) is 15.3. The van der Waals surface area contributed by atoms with Crippen LogP contribution < -0.4 is 10.6 Å². The molecule has 0 heterocycles. The molecule has 1 aromatic rings. The third kappa shape index (κ3) is 6.70. The predicted octanol–water partition coefficient (Wildman–Crippen LogP) is 3.32. The van der Waals surface area contributed by atoms with E-state index in [1.165, 1.54) is 5.56 Å². The Labute approximate surface area is 115 Å². The molecule has 0 aliphatic heterocycles. The molecule has 0 radical (unpaired) electrons. The van der Waals surface area contributed by atoms with E-state index in [4.69, 9.17) is 4.74 Å². The van der Waals surface area contributed by atoms with Crippen molar-refractivity contribution in [2.45, 2.75) is 39.7 Å². The molecule has 2 N–H and O–H groups in total. The molecule has 0 unspecified atom stereocenters. The zero-order valence-electron chi connectivity index (χ0n) is 12.2. The Morgan fingerprint density at radius 3 is 2.53 bits per heavy atom. The maximum atomic E-state index is 11.4. The minimum Gasteiger partial charge on any atom is -0.444 e. The molecule has 0 saturated heterocycles. The Morgan fingerprint density at radius 2 is 1.89 bits per heavy atom. The molecule has 106 valence electrons. The molecular weight excluding hydrogens is 240 g/mol. The van der Waals surface area contributed by atoms with Gasteiger partial charge in [0.05, 0.1) is 0 Å². The van der Waals surface area contributed by atoms with Gasteiger partial charge in [-0.05, 0) is 45.7 Å². The maximum absolute atomic E-state index is 11.4. The minimum atomic E-state index is -0.441. The van der Waals surface area contributed by atoms with Crippen LogP contribution in [0.15, 0.2) is 24.3 Å². The van der Waals surface area contributed by atoms with Gasteiger partial charge in [-0.1, -0.05) is 18.2 Å². The largest absolute Gasteiger partial charge is 0.444 e. The molecule has 0 aliphatic carbocycles. The van der Waals surface area contributed by atoms with Crippen LogP contribution in [0.25, 0.3) is 0 Å². The molecule has 19 heavy (non-hydrogen) atoms. The molecule has 1 amide bonds. The average molecular weight is 264 g/mol. The van der Waals surface area contributed by atoms with E-state index >= 15 is 0 Å². The van der Waals surface area contributed by atoms with Gasteiger partial charge in [0.25, 0.3) is 0 Å². The average Bonchev–Trinajstić information content (AvgIpc) is 2.28. The molecule has 0 aromatic heterocycles. The number of hydrogen-bond donors (Lipinski definition) is 2. The topological polar surface area (TPSA) is 50.4 Å². The third-order valence-electron chi connectivity index (χ3n) is 2.48. The molecule has 4 nitrogen and oxygen atoms in total. The summed E-state index contributed by atoms with van der Waals surface area (Å²) in [6, 6.07) is 8.15. The predicted molar refractivity (Wildman–Crippen MR) is 78.5 cm³/mol. The van der Waals surface area contributed by atoms with E-state index in [0.29, 0.717) is 6.54 Å². The van der Waals surface area contributed by atoms with Crippen molar-refractivity contribution in [2.75, 3.05) is 18.4 Å². The number of hydrogen-bond acceptors (Lipinski definition) is 3. The summed E-state index contributed by atoms with van der Waals surface area (Å²) in [5, 5.41) is 6.08. The fraction of sp³-hybridized carbons (Fsp3) is 0.533. The van der Waals surface area contributed by atoms with Crippen molar-refractivity contribution in [2.24, 2.45) is 0 Å². The van der Waals surface area contributed by atoms with E-state index in [1.807, 2.05) is 32.9 Å². The second-order valence-electron chi connectivity index (χ2n) is 5.52. The number of alkyl carbamates (subject to hydrolysis) is 1. The SMILES string of the molecule is Cc1ccccc1NCCCNC(=O)OC(C)(C)C. The van der Waals surface area contributed by atoms with Crippen LogP contribution in [-0.4, -0.2) is 24.8 Å². The highest BCUT2D eigenvalue weighted by molar-refractivity contribution is 5.67. The number of anilines is 1. The van der Waals surface area contributed by atoms with E-state index in [1.54, 1.807) is 0 Å². The molecule has 4 heteroatoms. The Balaban J connectivity index is 2.15. The van der Waals surface area contributed by atoms with E-state index < -0.39 is 5.60 Å². The van der Waals surface area contributed by atoms with Crippen LogP contribution in [0.1, 0.15) is 32.8 Å². The number of nitrogens with one attached hydrogen (secondary N) is 2. The van der Waals surface area contributed by atoms with Crippen molar-refractivity contribution in [1.29, 1.82) is 0 Å². The highest BCUT2D eigenvalue weighted by Crippen LogP contribution is 2.12. The van der Waals surface area contributed by atoms with Crippen molar-refractivity contribution in [3.63, 3.8) is 0 Å². The van der Waals surface area contributed by atoms with Crippen LogP contribution >= 0.6 is 0 Å². The number of ether oxygens (including phenoxy) is 1. The Kier molecular flexibility index (Phi) is 5.67. The van der Waals surface area contributed by atoms with Gasteiger partial charge < -0.3 is 15.4 Å². The minimum absolute atomic E-state index is 0.358. The summed E-state index contributed by atoms with van der Waals surface area (Å²) in [5.74, 6) is 0. The van der Waals surface area contributed by atoms with Crippen molar-refractivity contribution >= 4 is 11.8 Å². The number of aryl methyl sites for hydroxylation is 1. The monoisotopic (exact) mass is 264 g/mol. The number of amides is 1. The molecular formula is C15H24N2O2. The second-order valence-corrected chi connectivity index (χ2v) is 5.52. The van der Waals surface area contributed by atoms with Gasteiger partial charge in [0.15, 0.2) is 0 Å². The van der Waals surface area contributed by atoms with Gasteiger partial charge in [0.1, 0.15) is 5.60 Å². The molecule has 0 aliphatic rings. The fourth-order valence-electron chi connectivity index (χ4n) is 1.59. The number of carbonyl (C=O) groups excluding carboxylic acids is 1. The van der Waals surface area contributed by atoms with Gasteiger partial charge in [-0.3, -0.25) is 0 Å². The normalized spacial score (nSPS) is 10.9. The fourth-order valence-corrected chi connectivity index (χ4v) is 1.59. The first-order valence-electron chi connectivity index (χ1n) is 6.65. The lowest BCUT2D eigenvalue weighted by Gasteiger charge is -2.19. The maximum Gasteiger partial charge on any atom is 0.407 e. The van der Waals surface area contributed by atoms with Crippen LogP contribution in [0.3, 0.4) is 0 Å². The van der Waals surface area contributed by atoms with Crippen LogP contribution in [-0.2, 0) is 4.74 Å². The van der Waals surface area contributed by atoms with Gasteiger partial charge in [-0.25, -0.2) is 4.79 Å². The van der Waals surface area contributed by atoms with Gasteiger partial charge in [0, 0.05) is 18.8 Å². The molecule has 0 fully saturated rings. The Morgan fingerprint density at radius 1 is 1.21 bits per heavy atom. The van der Waals surface area contributed by atoms with Crippen molar-refractivity contribution in [1.82, 2.24) is 5.32 Å².